The Balaban J connectivity index is 1.54. The second kappa shape index (κ2) is 9.30. The minimum absolute atomic E-state index is 0.0696. The number of aryl methyl sites for hydroxylation is 1. The van der Waals surface area contributed by atoms with Gasteiger partial charge in [-0.25, -0.2) is 9.37 Å². The van der Waals surface area contributed by atoms with Crippen LogP contribution in [0.2, 0.25) is 0 Å². The van der Waals surface area contributed by atoms with Gasteiger partial charge in [0.25, 0.3) is 0 Å². The van der Waals surface area contributed by atoms with Gasteiger partial charge < -0.3 is 19.1 Å². The maximum Gasteiger partial charge on any atom is 0.234 e. The molecule has 4 rings (SSSR count). The minimum atomic E-state index is -0.568. The largest absolute Gasteiger partial charge is 0.497 e. The van der Waals surface area contributed by atoms with E-state index in [0.29, 0.717) is 24.6 Å². The molecule has 0 aliphatic carbocycles. The summed E-state index contributed by atoms with van der Waals surface area (Å²) < 4.78 is 30.7. The second-order valence-corrected chi connectivity index (χ2v) is 7.04. The zero-order chi connectivity index (χ0) is 21.6. The number of methoxy groups -OCH3 is 1. The molecule has 0 N–H and O–H groups in total. The van der Waals surface area contributed by atoms with Crippen molar-refractivity contribution in [2.45, 2.75) is 19.4 Å². The fourth-order valence-electron chi connectivity index (χ4n) is 3.46. The van der Waals surface area contributed by atoms with Crippen molar-refractivity contribution in [1.29, 1.82) is 5.26 Å². The molecule has 2 aromatic carbocycles. The van der Waals surface area contributed by atoms with E-state index in [1.165, 1.54) is 0 Å². The van der Waals surface area contributed by atoms with Crippen molar-refractivity contribution >= 4 is 5.82 Å². The molecule has 3 aromatic rings. The Bertz CT molecular complexity index is 1120. The third-order valence-electron chi connectivity index (χ3n) is 4.96. The van der Waals surface area contributed by atoms with Crippen molar-refractivity contribution < 1.29 is 18.6 Å². The van der Waals surface area contributed by atoms with Gasteiger partial charge in [-0.3, -0.25) is 0 Å². The average Bonchev–Trinajstić information content (AvgIpc) is 3.27. The lowest BCUT2D eigenvalue weighted by Gasteiger charge is -2.24. The molecule has 0 fully saturated rings. The van der Waals surface area contributed by atoms with Crippen molar-refractivity contribution in [1.82, 2.24) is 9.97 Å². The highest BCUT2D eigenvalue weighted by Crippen LogP contribution is 2.33. The summed E-state index contributed by atoms with van der Waals surface area (Å²) in [6.45, 7) is 1.12. The van der Waals surface area contributed by atoms with Gasteiger partial charge in [-0.05, 0) is 48.2 Å². The zero-order valence-electron chi connectivity index (χ0n) is 17.0. The van der Waals surface area contributed by atoms with Gasteiger partial charge in [0.05, 0.1) is 13.3 Å². The molecule has 7 nitrogen and oxygen atoms in total. The summed E-state index contributed by atoms with van der Waals surface area (Å²) in [4.78, 5) is 9.65. The fraction of sp³-hybridized carbons (Fsp3) is 0.261. The van der Waals surface area contributed by atoms with Crippen LogP contribution in [-0.4, -0.2) is 30.4 Å². The predicted octanol–water partition coefficient (Wildman–Crippen LogP) is 3.86. The summed E-state index contributed by atoms with van der Waals surface area (Å²) in [6.07, 6.45) is 2.57. The molecule has 0 atom stereocenters. The number of hydrogen-bond acceptors (Lipinski definition) is 7. The first kappa shape index (κ1) is 20.4. The van der Waals surface area contributed by atoms with E-state index in [9.17, 15) is 4.39 Å². The SMILES string of the molecule is COc1cccc(CCCN(Cc2ccc3c(c2)OCO3)c2nc(C#N)ncc2F)c1. The van der Waals surface area contributed by atoms with Crippen molar-refractivity contribution in [2.24, 2.45) is 0 Å². The van der Waals surface area contributed by atoms with Gasteiger partial charge in [-0.15, -0.1) is 0 Å². The normalized spacial score (nSPS) is 11.8. The molecule has 0 bridgehead atoms. The molecule has 0 saturated carbocycles. The summed E-state index contributed by atoms with van der Waals surface area (Å²) in [5.41, 5.74) is 2.05. The predicted molar refractivity (Wildman–Crippen MR) is 112 cm³/mol. The zero-order valence-corrected chi connectivity index (χ0v) is 17.0. The summed E-state index contributed by atoms with van der Waals surface area (Å²) in [5, 5.41) is 9.15. The lowest BCUT2D eigenvalue weighted by molar-refractivity contribution is 0.174. The molecule has 0 radical (unpaired) electrons. The number of rotatable bonds is 8. The Hall–Kier alpha value is -3.86. The molecule has 2 heterocycles. The third kappa shape index (κ3) is 4.83. The molecule has 158 valence electrons. The van der Waals surface area contributed by atoms with E-state index in [4.69, 9.17) is 19.5 Å². The molecular weight excluding hydrogens is 399 g/mol. The number of nitrogens with zero attached hydrogens (tertiary/aromatic N) is 4. The van der Waals surface area contributed by atoms with Crippen molar-refractivity contribution in [3.63, 3.8) is 0 Å². The third-order valence-corrected chi connectivity index (χ3v) is 4.96. The lowest BCUT2D eigenvalue weighted by Crippen LogP contribution is -2.27. The molecule has 1 aliphatic rings. The van der Waals surface area contributed by atoms with Crippen LogP contribution in [0.1, 0.15) is 23.4 Å². The Kier molecular flexibility index (Phi) is 6.13. The fourth-order valence-corrected chi connectivity index (χ4v) is 3.46. The van der Waals surface area contributed by atoms with Crippen LogP contribution in [0.4, 0.5) is 10.2 Å². The van der Waals surface area contributed by atoms with Gasteiger partial charge in [-0.2, -0.15) is 10.2 Å². The van der Waals surface area contributed by atoms with E-state index >= 15 is 0 Å². The number of nitriles is 1. The molecule has 0 saturated heterocycles. The molecule has 0 amide bonds. The molecular formula is C23H21FN4O3. The highest BCUT2D eigenvalue weighted by molar-refractivity contribution is 5.47. The van der Waals surface area contributed by atoms with E-state index in [0.717, 1.165) is 35.9 Å². The quantitative estimate of drug-likeness (QED) is 0.547. The van der Waals surface area contributed by atoms with Crippen molar-refractivity contribution in [3.05, 3.63) is 71.4 Å². The van der Waals surface area contributed by atoms with Crippen molar-refractivity contribution in [3.8, 4) is 23.3 Å². The van der Waals surface area contributed by atoms with Crippen LogP contribution in [0.5, 0.6) is 17.2 Å². The van der Waals surface area contributed by atoms with Crippen molar-refractivity contribution in [2.75, 3.05) is 25.3 Å². The number of ether oxygens (including phenoxy) is 3. The number of anilines is 1. The Morgan fingerprint density at radius 1 is 1.16 bits per heavy atom. The first-order valence-electron chi connectivity index (χ1n) is 9.85. The highest BCUT2D eigenvalue weighted by Gasteiger charge is 2.18. The number of halogens is 1. The standard InChI is InChI=1S/C23H21FN4O3/c1-29-18-6-2-4-16(10-18)5-3-9-28(23-19(24)13-26-22(12-25)27-23)14-17-7-8-20-21(11-17)31-15-30-20/h2,4,6-8,10-11,13H,3,5,9,14-15H2,1H3. The number of aromatic nitrogens is 2. The first-order valence-corrected chi connectivity index (χ1v) is 9.85. The summed E-state index contributed by atoms with van der Waals surface area (Å²) >= 11 is 0. The van der Waals surface area contributed by atoms with E-state index in [2.05, 4.69) is 9.97 Å². The number of benzene rings is 2. The molecule has 1 aliphatic heterocycles. The van der Waals surface area contributed by atoms with Crippen LogP contribution in [0, 0.1) is 17.1 Å². The maximum atomic E-state index is 14.6. The van der Waals surface area contributed by atoms with Crippen LogP contribution in [0.3, 0.4) is 0 Å². The van der Waals surface area contributed by atoms with Crippen LogP contribution >= 0.6 is 0 Å². The van der Waals surface area contributed by atoms with Crippen LogP contribution in [0.25, 0.3) is 0 Å². The summed E-state index contributed by atoms with van der Waals surface area (Å²) in [6, 6.07) is 15.4. The van der Waals surface area contributed by atoms with Gasteiger partial charge in [0.1, 0.15) is 11.8 Å². The number of hydrogen-bond donors (Lipinski definition) is 0. The first-order chi connectivity index (χ1) is 15.2. The number of fused-ring (bicyclic) bond motifs is 1. The molecule has 8 heteroatoms. The van der Waals surface area contributed by atoms with Gasteiger partial charge in [0.15, 0.2) is 23.1 Å². The smallest absolute Gasteiger partial charge is 0.234 e. The van der Waals surface area contributed by atoms with E-state index in [-0.39, 0.29) is 18.4 Å². The Morgan fingerprint density at radius 3 is 2.87 bits per heavy atom. The maximum absolute atomic E-state index is 14.6. The van der Waals surface area contributed by atoms with Crippen LogP contribution in [-0.2, 0) is 13.0 Å². The van der Waals surface area contributed by atoms with E-state index in [1.807, 2.05) is 53.4 Å². The monoisotopic (exact) mass is 420 g/mol. The van der Waals surface area contributed by atoms with Crippen LogP contribution in [0.15, 0.2) is 48.7 Å². The highest BCUT2D eigenvalue weighted by atomic mass is 19.1. The average molecular weight is 420 g/mol. The molecule has 0 spiro atoms. The van der Waals surface area contributed by atoms with Gasteiger partial charge >= 0.3 is 0 Å². The van der Waals surface area contributed by atoms with Crippen LogP contribution < -0.4 is 19.1 Å². The second-order valence-electron chi connectivity index (χ2n) is 7.04. The van der Waals surface area contributed by atoms with E-state index in [1.54, 1.807) is 7.11 Å². The molecule has 31 heavy (non-hydrogen) atoms. The van der Waals surface area contributed by atoms with Gasteiger partial charge in [-0.1, -0.05) is 18.2 Å². The van der Waals surface area contributed by atoms with E-state index < -0.39 is 5.82 Å². The summed E-state index contributed by atoms with van der Waals surface area (Å²) in [7, 11) is 1.64. The minimum Gasteiger partial charge on any atom is -0.497 e. The molecule has 1 aromatic heterocycles. The Labute approximate surface area is 179 Å². The molecule has 0 unspecified atom stereocenters. The van der Waals surface area contributed by atoms with Gasteiger partial charge in [0, 0.05) is 13.1 Å². The lowest BCUT2D eigenvalue weighted by atomic mass is 10.1. The van der Waals surface area contributed by atoms with Gasteiger partial charge in [0.2, 0.25) is 12.6 Å². The summed E-state index contributed by atoms with van der Waals surface area (Å²) in [5.74, 6) is 1.62. The Morgan fingerprint density at radius 2 is 2.03 bits per heavy atom. The topological polar surface area (TPSA) is 80.5 Å².